The Hall–Kier alpha value is -1.84. The minimum atomic E-state index is -1.53. The third-order valence-electron chi connectivity index (χ3n) is 3.42. The third kappa shape index (κ3) is 1.52. The summed E-state index contributed by atoms with van der Waals surface area (Å²) < 4.78 is 5.57. The van der Waals surface area contributed by atoms with Crippen LogP contribution in [0.3, 0.4) is 0 Å². The van der Waals surface area contributed by atoms with E-state index in [4.69, 9.17) is 4.74 Å². The van der Waals surface area contributed by atoms with Crippen LogP contribution in [0.2, 0.25) is 0 Å². The van der Waals surface area contributed by atoms with Crippen molar-refractivity contribution in [2.24, 2.45) is 5.41 Å². The number of carboxylic acids is 1. The Morgan fingerprint density at radius 3 is 2.61 bits per heavy atom. The molecule has 2 rings (SSSR count). The molecule has 1 atom stereocenters. The van der Waals surface area contributed by atoms with Gasteiger partial charge in [0.25, 0.3) is 0 Å². The SMILES string of the molecule is CCCCOC1=C2C=CC(=C1)C2(C(C)=O)C(=O)O. The maximum absolute atomic E-state index is 11.8. The van der Waals surface area contributed by atoms with Gasteiger partial charge in [-0.3, -0.25) is 9.59 Å². The fourth-order valence-electron chi connectivity index (χ4n) is 2.45. The van der Waals surface area contributed by atoms with Crippen molar-refractivity contribution in [3.63, 3.8) is 0 Å². The van der Waals surface area contributed by atoms with Gasteiger partial charge in [0.15, 0.2) is 11.2 Å². The Labute approximate surface area is 106 Å². The number of ether oxygens (including phenoxy) is 1. The van der Waals surface area contributed by atoms with Crippen LogP contribution in [0.15, 0.2) is 35.1 Å². The number of fused-ring (bicyclic) bond motifs is 2. The average Bonchev–Trinajstić information content (AvgIpc) is 2.82. The summed E-state index contributed by atoms with van der Waals surface area (Å²) in [5.74, 6) is -0.982. The monoisotopic (exact) mass is 248 g/mol. The molecule has 0 saturated heterocycles. The largest absolute Gasteiger partial charge is 0.493 e. The molecule has 1 N–H and O–H groups in total. The molecule has 0 aromatic carbocycles. The molecule has 0 amide bonds. The van der Waals surface area contributed by atoms with Gasteiger partial charge in [0.1, 0.15) is 5.76 Å². The van der Waals surface area contributed by atoms with E-state index < -0.39 is 11.4 Å². The lowest BCUT2D eigenvalue weighted by Crippen LogP contribution is -2.37. The molecule has 4 heteroatoms. The second-order valence-corrected chi connectivity index (χ2v) is 4.52. The van der Waals surface area contributed by atoms with E-state index in [9.17, 15) is 14.7 Å². The molecule has 18 heavy (non-hydrogen) atoms. The minimum absolute atomic E-state index is 0.379. The van der Waals surface area contributed by atoms with Gasteiger partial charge in [-0.15, -0.1) is 0 Å². The molecule has 0 saturated carbocycles. The Morgan fingerprint density at radius 2 is 2.11 bits per heavy atom. The number of unbranched alkanes of at least 4 members (excludes halogenated alkanes) is 1. The molecule has 0 fully saturated rings. The first kappa shape index (κ1) is 12.6. The number of carbonyl (C=O) groups is 2. The van der Waals surface area contributed by atoms with Gasteiger partial charge in [-0.05, 0) is 25.0 Å². The summed E-state index contributed by atoms with van der Waals surface area (Å²) in [6.07, 6.45) is 6.93. The number of aliphatic carboxylic acids is 1. The Balaban J connectivity index is 2.35. The van der Waals surface area contributed by atoms with Crippen molar-refractivity contribution in [1.82, 2.24) is 0 Å². The van der Waals surface area contributed by atoms with Crippen molar-refractivity contribution in [2.45, 2.75) is 26.7 Å². The van der Waals surface area contributed by atoms with Gasteiger partial charge < -0.3 is 9.84 Å². The first-order valence-electron chi connectivity index (χ1n) is 6.07. The first-order valence-corrected chi connectivity index (χ1v) is 6.07. The highest BCUT2D eigenvalue weighted by Crippen LogP contribution is 2.50. The van der Waals surface area contributed by atoms with Crippen LogP contribution < -0.4 is 0 Å². The minimum Gasteiger partial charge on any atom is -0.493 e. The highest BCUT2D eigenvalue weighted by atomic mass is 16.5. The van der Waals surface area contributed by atoms with E-state index in [1.54, 1.807) is 18.2 Å². The summed E-state index contributed by atoms with van der Waals surface area (Å²) >= 11 is 0. The maximum atomic E-state index is 11.8. The highest BCUT2D eigenvalue weighted by Gasteiger charge is 2.55. The Morgan fingerprint density at radius 1 is 1.39 bits per heavy atom. The number of allylic oxidation sites excluding steroid dienone is 3. The summed E-state index contributed by atoms with van der Waals surface area (Å²) in [5, 5.41) is 9.41. The molecule has 2 aliphatic carbocycles. The molecule has 0 aromatic rings. The molecule has 2 bridgehead atoms. The lowest BCUT2D eigenvalue weighted by Gasteiger charge is -2.21. The van der Waals surface area contributed by atoms with Crippen molar-refractivity contribution in [1.29, 1.82) is 0 Å². The summed E-state index contributed by atoms with van der Waals surface area (Å²) in [6, 6.07) is 0. The molecule has 2 aliphatic rings. The van der Waals surface area contributed by atoms with Crippen LogP contribution >= 0.6 is 0 Å². The van der Waals surface area contributed by atoms with E-state index in [1.807, 2.05) is 0 Å². The summed E-state index contributed by atoms with van der Waals surface area (Å²) in [6.45, 7) is 3.90. The average molecular weight is 248 g/mol. The Kier molecular flexibility index (Phi) is 3.11. The molecule has 96 valence electrons. The van der Waals surface area contributed by atoms with E-state index >= 15 is 0 Å². The summed E-state index contributed by atoms with van der Waals surface area (Å²) in [4.78, 5) is 23.3. The van der Waals surface area contributed by atoms with Gasteiger partial charge >= 0.3 is 5.97 Å². The van der Waals surface area contributed by atoms with Crippen molar-refractivity contribution in [3.05, 3.63) is 35.1 Å². The van der Waals surface area contributed by atoms with E-state index in [0.717, 1.165) is 12.8 Å². The third-order valence-corrected chi connectivity index (χ3v) is 3.42. The fraction of sp³-hybridized carbons (Fsp3) is 0.429. The number of carboxylic acid groups (broad SMARTS) is 1. The van der Waals surface area contributed by atoms with Gasteiger partial charge in [-0.1, -0.05) is 25.5 Å². The normalized spacial score (nSPS) is 24.4. The van der Waals surface area contributed by atoms with Crippen molar-refractivity contribution < 1.29 is 19.4 Å². The van der Waals surface area contributed by atoms with Gasteiger partial charge in [0, 0.05) is 5.57 Å². The first-order chi connectivity index (χ1) is 8.55. The molecule has 0 aliphatic heterocycles. The zero-order valence-electron chi connectivity index (χ0n) is 10.5. The lowest BCUT2D eigenvalue weighted by molar-refractivity contribution is -0.148. The molecule has 0 spiro atoms. The predicted octanol–water partition coefficient (Wildman–Crippen LogP) is 2.23. The summed E-state index contributed by atoms with van der Waals surface area (Å²) in [5.41, 5.74) is -0.556. The molecule has 1 unspecified atom stereocenters. The number of hydrogen-bond donors (Lipinski definition) is 1. The Bertz CT molecular complexity index is 480. The highest BCUT2D eigenvalue weighted by molar-refractivity contribution is 6.12. The van der Waals surface area contributed by atoms with Crippen LogP contribution in [-0.4, -0.2) is 23.5 Å². The zero-order valence-corrected chi connectivity index (χ0v) is 10.5. The van der Waals surface area contributed by atoms with Crippen LogP contribution in [0.5, 0.6) is 0 Å². The molecule has 0 aromatic heterocycles. The van der Waals surface area contributed by atoms with E-state index in [1.165, 1.54) is 6.92 Å². The van der Waals surface area contributed by atoms with E-state index in [0.29, 0.717) is 23.5 Å². The second kappa shape index (κ2) is 4.44. The summed E-state index contributed by atoms with van der Waals surface area (Å²) in [7, 11) is 0. The van der Waals surface area contributed by atoms with Crippen LogP contribution in [-0.2, 0) is 14.3 Å². The topological polar surface area (TPSA) is 63.6 Å². The number of rotatable bonds is 6. The van der Waals surface area contributed by atoms with Crippen LogP contribution in [0.25, 0.3) is 0 Å². The van der Waals surface area contributed by atoms with Gasteiger partial charge in [0.05, 0.1) is 6.61 Å². The van der Waals surface area contributed by atoms with Crippen LogP contribution in [0, 0.1) is 5.41 Å². The molecule has 0 heterocycles. The van der Waals surface area contributed by atoms with Crippen molar-refractivity contribution in [2.75, 3.05) is 6.61 Å². The van der Waals surface area contributed by atoms with E-state index in [-0.39, 0.29) is 5.78 Å². The number of hydrogen-bond acceptors (Lipinski definition) is 3. The maximum Gasteiger partial charge on any atom is 0.326 e. The number of carbonyl (C=O) groups excluding carboxylic acids is 1. The van der Waals surface area contributed by atoms with Crippen molar-refractivity contribution in [3.8, 4) is 0 Å². The predicted molar refractivity (Wildman–Crippen MR) is 65.9 cm³/mol. The number of ketones is 1. The quantitative estimate of drug-likeness (QED) is 0.578. The smallest absolute Gasteiger partial charge is 0.326 e. The van der Waals surface area contributed by atoms with Gasteiger partial charge in [0.2, 0.25) is 0 Å². The zero-order chi connectivity index (χ0) is 13.3. The molecule has 4 nitrogen and oxygen atoms in total. The molecular weight excluding hydrogens is 232 g/mol. The molecular formula is C14H16O4. The lowest BCUT2D eigenvalue weighted by atomic mass is 9.78. The fourth-order valence-corrected chi connectivity index (χ4v) is 2.45. The van der Waals surface area contributed by atoms with E-state index in [2.05, 4.69) is 6.92 Å². The molecule has 0 radical (unpaired) electrons. The van der Waals surface area contributed by atoms with Gasteiger partial charge in [-0.2, -0.15) is 0 Å². The number of Topliss-reactive ketones (excluding diaryl/α,β-unsaturated/α-hetero) is 1. The van der Waals surface area contributed by atoms with Crippen LogP contribution in [0.1, 0.15) is 26.7 Å². The van der Waals surface area contributed by atoms with Crippen molar-refractivity contribution >= 4 is 11.8 Å². The van der Waals surface area contributed by atoms with Gasteiger partial charge in [-0.25, -0.2) is 0 Å². The van der Waals surface area contributed by atoms with Crippen LogP contribution in [0.4, 0.5) is 0 Å². The second-order valence-electron chi connectivity index (χ2n) is 4.52. The standard InChI is InChI=1S/C14H16O4/c1-3-4-7-18-12-8-10-5-6-11(12)14(10,9(2)15)13(16)17/h5-6,8H,3-4,7H2,1-2H3,(H,16,17).